The van der Waals surface area contributed by atoms with Crippen LogP contribution in [0, 0.1) is 0 Å². The third-order valence-corrected chi connectivity index (χ3v) is 2.72. The second-order valence-corrected chi connectivity index (χ2v) is 4.29. The van der Waals surface area contributed by atoms with Gasteiger partial charge in [-0.05, 0) is 13.0 Å². The van der Waals surface area contributed by atoms with Gasteiger partial charge in [0.1, 0.15) is 13.2 Å². The van der Waals surface area contributed by atoms with Gasteiger partial charge in [0.05, 0.1) is 6.20 Å². The quantitative estimate of drug-likeness (QED) is 0.797. The van der Waals surface area contributed by atoms with Gasteiger partial charge in [-0.2, -0.15) is 5.10 Å². The fraction of sp³-hybridized carbons (Fsp3) is 0.308. The number of nitrogens with two attached hydrogens (primary N) is 1. The Kier molecular flexibility index (Phi) is 4.19. The van der Waals surface area contributed by atoms with Crippen LogP contribution in [0.4, 0.5) is 5.69 Å². The molecule has 0 aromatic carbocycles. The molecule has 0 bridgehead atoms. The highest BCUT2D eigenvalue weighted by Gasteiger charge is 2.07. The molecule has 2 rings (SSSR count). The van der Waals surface area contributed by atoms with Crippen LogP contribution in [0.15, 0.2) is 35.5 Å². The van der Waals surface area contributed by atoms with Crippen molar-refractivity contribution in [2.24, 2.45) is 0 Å². The van der Waals surface area contributed by atoms with Crippen LogP contribution in [0.5, 0.6) is 0 Å². The molecule has 0 aliphatic heterocycles. The zero-order chi connectivity index (χ0) is 14.5. The summed E-state index contributed by atoms with van der Waals surface area (Å²) in [6.07, 6.45) is 4.86. The first kappa shape index (κ1) is 13.9. The second-order valence-electron chi connectivity index (χ2n) is 4.29. The lowest BCUT2D eigenvalue weighted by Crippen LogP contribution is -2.24. The molecule has 2 N–H and O–H groups in total. The second kappa shape index (κ2) is 6.05. The van der Waals surface area contributed by atoms with E-state index in [1.165, 1.54) is 22.9 Å². The first-order valence-corrected chi connectivity index (χ1v) is 6.21. The Labute approximate surface area is 115 Å². The average molecular weight is 276 g/mol. The molecule has 0 aliphatic rings. The van der Waals surface area contributed by atoms with E-state index in [-0.39, 0.29) is 18.7 Å². The minimum Gasteiger partial charge on any atom is -0.459 e. The largest absolute Gasteiger partial charge is 0.459 e. The number of hydrogen-bond acceptors (Lipinski definition) is 5. The molecular formula is C13H16N4O3. The lowest BCUT2D eigenvalue weighted by molar-refractivity contribution is -0.145. The van der Waals surface area contributed by atoms with Crippen LogP contribution < -0.4 is 11.3 Å². The van der Waals surface area contributed by atoms with Gasteiger partial charge in [0.25, 0.3) is 5.56 Å². The van der Waals surface area contributed by atoms with Crippen LogP contribution in [0.1, 0.15) is 12.5 Å². The smallest absolute Gasteiger partial charge is 0.326 e. The maximum Gasteiger partial charge on any atom is 0.326 e. The summed E-state index contributed by atoms with van der Waals surface area (Å²) in [4.78, 5) is 23.2. The lowest BCUT2D eigenvalue weighted by Gasteiger charge is -2.06. The molecule has 0 radical (unpaired) electrons. The molecule has 2 heterocycles. The van der Waals surface area contributed by atoms with Crippen molar-refractivity contribution < 1.29 is 9.53 Å². The highest BCUT2D eigenvalue weighted by molar-refractivity contribution is 5.69. The average Bonchev–Trinajstić information content (AvgIpc) is 2.89. The molecule has 2 aromatic rings. The van der Waals surface area contributed by atoms with E-state index in [1.54, 1.807) is 17.1 Å². The van der Waals surface area contributed by atoms with Crippen LogP contribution in [0.25, 0.3) is 0 Å². The summed E-state index contributed by atoms with van der Waals surface area (Å²) in [7, 11) is 0. The number of ether oxygens (including phenoxy) is 1. The van der Waals surface area contributed by atoms with Crippen molar-refractivity contribution >= 4 is 11.7 Å². The van der Waals surface area contributed by atoms with Gasteiger partial charge in [-0.15, -0.1) is 0 Å². The fourth-order valence-corrected chi connectivity index (χ4v) is 1.68. The molecule has 0 atom stereocenters. The van der Waals surface area contributed by atoms with Gasteiger partial charge < -0.3 is 15.0 Å². The summed E-state index contributed by atoms with van der Waals surface area (Å²) in [6, 6.07) is 2.80. The molecular weight excluding hydrogens is 260 g/mol. The van der Waals surface area contributed by atoms with Crippen LogP contribution in [0.3, 0.4) is 0 Å². The predicted molar refractivity (Wildman–Crippen MR) is 72.8 cm³/mol. The predicted octanol–water partition coefficient (Wildman–Crippen LogP) is 0.390. The molecule has 0 saturated heterocycles. The Morgan fingerprint density at radius 2 is 2.20 bits per heavy atom. The Morgan fingerprint density at radius 1 is 1.40 bits per heavy atom. The van der Waals surface area contributed by atoms with Gasteiger partial charge in [0, 0.05) is 36.3 Å². The van der Waals surface area contributed by atoms with Crippen LogP contribution in [0.2, 0.25) is 0 Å². The van der Waals surface area contributed by atoms with Crippen molar-refractivity contribution in [3.8, 4) is 0 Å². The van der Waals surface area contributed by atoms with Gasteiger partial charge in [0.2, 0.25) is 0 Å². The summed E-state index contributed by atoms with van der Waals surface area (Å²) >= 11 is 0. The molecule has 0 unspecified atom stereocenters. The van der Waals surface area contributed by atoms with Crippen molar-refractivity contribution in [2.45, 2.75) is 26.6 Å². The van der Waals surface area contributed by atoms with Gasteiger partial charge in [-0.25, -0.2) is 0 Å². The molecule has 20 heavy (non-hydrogen) atoms. The summed E-state index contributed by atoms with van der Waals surface area (Å²) in [6.45, 7) is 2.70. The maximum absolute atomic E-state index is 11.7. The van der Waals surface area contributed by atoms with E-state index in [9.17, 15) is 9.59 Å². The first-order valence-electron chi connectivity index (χ1n) is 6.21. The van der Waals surface area contributed by atoms with E-state index in [2.05, 4.69) is 5.10 Å². The minimum absolute atomic E-state index is 0.135. The van der Waals surface area contributed by atoms with Gasteiger partial charge in [-0.1, -0.05) is 0 Å². The van der Waals surface area contributed by atoms with Crippen molar-refractivity contribution in [1.29, 1.82) is 0 Å². The maximum atomic E-state index is 11.7. The Hall–Kier alpha value is -2.57. The number of nitrogens with zero attached hydrogens (tertiary/aromatic N) is 3. The Bertz CT molecular complexity index is 660. The zero-order valence-electron chi connectivity index (χ0n) is 11.2. The number of carbonyl (C=O) groups is 1. The van der Waals surface area contributed by atoms with Crippen molar-refractivity contribution in [1.82, 2.24) is 14.3 Å². The SMILES string of the molecule is CCn1cc(COC(=O)Cn2cc(N)ccc2=O)cn1. The Balaban J connectivity index is 1.92. The van der Waals surface area contributed by atoms with E-state index in [0.717, 1.165) is 12.1 Å². The fourth-order valence-electron chi connectivity index (χ4n) is 1.68. The number of pyridine rings is 1. The number of aryl methyl sites for hydroxylation is 1. The van der Waals surface area contributed by atoms with E-state index < -0.39 is 5.97 Å². The summed E-state index contributed by atoms with van der Waals surface area (Å²) in [5.74, 6) is -0.498. The highest BCUT2D eigenvalue weighted by atomic mass is 16.5. The van der Waals surface area contributed by atoms with Gasteiger partial charge >= 0.3 is 5.97 Å². The molecule has 7 nitrogen and oxygen atoms in total. The molecule has 0 fully saturated rings. The number of aromatic nitrogens is 3. The van der Waals surface area contributed by atoms with Crippen molar-refractivity contribution in [3.05, 3.63) is 46.6 Å². The molecule has 0 saturated carbocycles. The third kappa shape index (κ3) is 3.47. The number of rotatable bonds is 5. The highest BCUT2D eigenvalue weighted by Crippen LogP contribution is 2.01. The van der Waals surface area contributed by atoms with Crippen molar-refractivity contribution in [3.63, 3.8) is 0 Å². The molecule has 0 spiro atoms. The molecule has 0 amide bonds. The monoisotopic (exact) mass is 276 g/mol. The van der Waals surface area contributed by atoms with E-state index in [0.29, 0.717) is 5.69 Å². The van der Waals surface area contributed by atoms with E-state index in [1.807, 2.05) is 6.92 Å². The topological polar surface area (TPSA) is 92.1 Å². The number of anilines is 1. The van der Waals surface area contributed by atoms with E-state index >= 15 is 0 Å². The number of nitrogen functional groups attached to an aromatic ring is 1. The number of esters is 1. The molecule has 2 aromatic heterocycles. The summed E-state index contributed by atoms with van der Waals surface area (Å²) in [5, 5.41) is 4.08. The minimum atomic E-state index is -0.498. The van der Waals surface area contributed by atoms with Crippen molar-refractivity contribution in [2.75, 3.05) is 5.73 Å². The number of carbonyl (C=O) groups excluding carboxylic acids is 1. The van der Waals surface area contributed by atoms with Gasteiger partial charge in [0.15, 0.2) is 0 Å². The normalized spacial score (nSPS) is 10.4. The lowest BCUT2D eigenvalue weighted by atomic mass is 10.4. The van der Waals surface area contributed by atoms with Crippen LogP contribution in [-0.4, -0.2) is 20.3 Å². The zero-order valence-corrected chi connectivity index (χ0v) is 11.2. The molecule has 7 heteroatoms. The number of hydrogen-bond donors (Lipinski definition) is 1. The van der Waals surface area contributed by atoms with Crippen LogP contribution >= 0.6 is 0 Å². The summed E-state index contributed by atoms with van der Waals surface area (Å²) < 4.78 is 8.05. The van der Waals surface area contributed by atoms with E-state index in [4.69, 9.17) is 10.5 Å². The van der Waals surface area contributed by atoms with Crippen LogP contribution in [-0.2, 0) is 29.2 Å². The first-order chi connectivity index (χ1) is 9.58. The summed E-state index contributed by atoms with van der Waals surface area (Å²) in [5.41, 5.74) is 6.49. The molecule has 0 aliphatic carbocycles. The third-order valence-electron chi connectivity index (χ3n) is 2.72. The van der Waals surface area contributed by atoms with Gasteiger partial charge in [-0.3, -0.25) is 14.3 Å². The standard InChI is InChI=1S/C13H16N4O3/c1-2-17-6-10(5-15-17)9-20-13(19)8-16-7-11(14)3-4-12(16)18/h3-7H,2,8-9,14H2,1H3. The Morgan fingerprint density at radius 3 is 2.90 bits per heavy atom. The molecule has 106 valence electrons.